The second-order valence-corrected chi connectivity index (χ2v) is 5.91. The van der Waals surface area contributed by atoms with Gasteiger partial charge in [-0.05, 0) is 47.2 Å². The zero-order valence-electron chi connectivity index (χ0n) is 10.9. The van der Waals surface area contributed by atoms with Gasteiger partial charge in [0.05, 0.1) is 0 Å². The summed E-state index contributed by atoms with van der Waals surface area (Å²) in [5.41, 5.74) is 0.119. The van der Waals surface area contributed by atoms with E-state index < -0.39 is 5.97 Å². The third-order valence-corrected chi connectivity index (χ3v) is 4.07. The lowest BCUT2D eigenvalue weighted by atomic mass is 9.85. The van der Waals surface area contributed by atoms with Crippen LogP contribution in [-0.4, -0.2) is 22.2 Å². The Morgan fingerprint density at radius 2 is 2.37 bits per heavy atom. The summed E-state index contributed by atoms with van der Waals surface area (Å²) in [5.74, 6) is -0.0911. The summed E-state index contributed by atoms with van der Waals surface area (Å²) in [4.78, 5) is 15.3. The van der Waals surface area contributed by atoms with Gasteiger partial charge >= 0.3 is 5.97 Å². The topological polar surface area (TPSA) is 59.4 Å². The fourth-order valence-electron chi connectivity index (χ4n) is 2.55. The zero-order valence-corrected chi connectivity index (χ0v) is 12.5. The summed E-state index contributed by atoms with van der Waals surface area (Å²) >= 11 is 3.23. The van der Waals surface area contributed by atoms with Crippen LogP contribution in [0.5, 0.6) is 5.88 Å². The number of halogens is 1. The molecule has 1 aromatic rings. The lowest BCUT2D eigenvalue weighted by molar-refractivity contribution is 0.0678. The number of aromatic carboxylic acids is 1. The molecule has 5 heteroatoms. The lowest BCUT2D eigenvalue weighted by Gasteiger charge is -2.28. The molecule has 1 aliphatic carbocycles. The minimum absolute atomic E-state index is 0.0884. The summed E-state index contributed by atoms with van der Waals surface area (Å²) in [6, 6.07) is 1.53. The second kappa shape index (κ2) is 6.37. The van der Waals surface area contributed by atoms with Gasteiger partial charge in [0, 0.05) is 10.7 Å². The van der Waals surface area contributed by atoms with E-state index in [1.807, 2.05) is 0 Å². The zero-order chi connectivity index (χ0) is 13.8. The van der Waals surface area contributed by atoms with E-state index in [4.69, 9.17) is 4.74 Å². The molecule has 0 radical (unpaired) electrons. The molecule has 1 heterocycles. The molecule has 0 saturated heterocycles. The van der Waals surface area contributed by atoms with Gasteiger partial charge in [-0.1, -0.05) is 19.8 Å². The fourth-order valence-corrected chi connectivity index (χ4v) is 2.88. The van der Waals surface area contributed by atoms with Gasteiger partial charge in [-0.2, -0.15) is 0 Å². The van der Waals surface area contributed by atoms with Gasteiger partial charge in [0.2, 0.25) is 5.88 Å². The van der Waals surface area contributed by atoms with E-state index in [9.17, 15) is 9.90 Å². The van der Waals surface area contributed by atoms with Gasteiger partial charge in [0.1, 0.15) is 11.7 Å². The molecule has 0 amide bonds. The van der Waals surface area contributed by atoms with Crippen LogP contribution in [0.15, 0.2) is 16.7 Å². The monoisotopic (exact) mass is 327 g/mol. The van der Waals surface area contributed by atoms with Crippen molar-refractivity contribution in [3.8, 4) is 5.88 Å². The van der Waals surface area contributed by atoms with Crippen LogP contribution in [0.2, 0.25) is 0 Å². The number of nitrogens with zero attached hydrogens (tertiary/aromatic N) is 1. The van der Waals surface area contributed by atoms with Crippen molar-refractivity contribution < 1.29 is 14.6 Å². The summed E-state index contributed by atoms with van der Waals surface area (Å²) in [6.07, 6.45) is 7.17. The molecule has 2 rings (SSSR count). The van der Waals surface area contributed by atoms with Crippen LogP contribution in [0.4, 0.5) is 0 Å². The summed E-state index contributed by atoms with van der Waals surface area (Å²) in [7, 11) is 0. The molecule has 1 aromatic heterocycles. The van der Waals surface area contributed by atoms with E-state index in [2.05, 4.69) is 27.8 Å². The molecule has 2 unspecified atom stereocenters. The first-order chi connectivity index (χ1) is 9.10. The highest BCUT2D eigenvalue weighted by Crippen LogP contribution is 2.30. The predicted molar refractivity (Wildman–Crippen MR) is 75.6 cm³/mol. The molecule has 104 valence electrons. The van der Waals surface area contributed by atoms with Crippen molar-refractivity contribution in [1.82, 2.24) is 4.98 Å². The van der Waals surface area contributed by atoms with Crippen molar-refractivity contribution in [2.24, 2.45) is 5.92 Å². The van der Waals surface area contributed by atoms with Crippen LogP contribution in [-0.2, 0) is 0 Å². The highest BCUT2D eigenvalue weighted by atomic mass is 79.9. The number of carbonyl (C=O) groups is 1. The average Bonchev–Trinajstić information content (AvgIpc) is 2.41. The van der Waals surface area contributed by atoms with Gasteiger partial charge in [-0.3, -0.25) is 0 Å². The van der Waals surface area contributed by atoms with Gasteiger partial charge in [-0.25, -0.2) is 9.78 Å². The van der Waals surface area contributed by atoms with Crippen molar-refractivity contribution in [1.29, 1.82) is 0 Å². The molecule has 1 N–H and O–H groups in total. The first-order valence-corrected chi connectivity index (χ1v) is 7.45. The Kier molecular flexibility index (Phi) is 4.80. The van der Waals surface area contributed by atoms with Crippen molar-refractivity contribution in [2.75, 3.05) is 0 Å². The highest BCUT2D eigenvalue weighted by Gasteiger charge is 2.24. The SMILES string of the molecule is CCC1CCCC(Oc2ncc(Br)cc2C(=O)O)C1. The second-order valence-electron chi connectivity index (χ2n) is 4.99. The van der Waals surface area contributed by atoms with E-state index >= 15 is 0 Å². The Hall–Kier alpha value is -1.10. The molecule has 1 fully saturated rings. The highest BCUT2D eigenvalue weighted by molar-refractivity contribution is 9.10. The van der Waals surface area contributed by atoms with E-state index in [1.54, 1.807) is 6.20 Å². The summed E-state index contributed by atoms with van der Waals surface area (Å²) < 4.78 is 6.47. The van der Waals surface area contributed by atoms with Crippen LogP contribution in [0, 0.1) is 5.92 Å². The fraction of sp³-hybridized carbons (Fsp3) is 0.571. The van der Waals surface area contributed by atoms with Gasteiger partial charge < -0.3 is 9.84 Å². The van der Waals surface area contributed by atoms with Crippen molar-refractivity contribution in [2.45, 2.75) is 45.1 Å². The molecule has 1 aliphatic rings. The molecule has 2 atom stereocenters. The maximum Gasteiger partial charge on any atom is 0.341 e. The van der Waals surface area contributed by atoms with Crippen LogP contribution in [0.1, 0.15) is 49.4 Å². The Labute approximate surface area is 121 Å². The van der Waals surface area contributed by atoms with Crippen LogP contribution in [0.3, 0.4) is 0 Å². The number of aromatic nitrogens is 1. The van der Waals surface area contributed by atoms with Crippen LogP contribution >= 0.6 is 15.9 Å². The maximum absolute atomic E-state index is 11.2. The molecule has 0 spiro atoms. The van der Waals surface area contributed by atoms with Gasteiger partial charge in [0.25, 0.3) is 0 Å². The number of carboxylic acid groups (broad SMARTS) is 1. The first-order valence-electron chi connectivity index (χ1n) is 6.65. The Bertz CT molecular complexity index is 464. The van der Waals surface area contributed by atoms with Crippen LogP contribution < -0.4 is 4.74 Å². The Balaban J connectivity index is 2.12. The molecular formula is C14H18BrNO3. The molecule has 0 aromatic carbocycles. The standard InChI is InChI=1S/C14H18BrNO3/c1-2-9-4-3-5-11(6-9)19-13-12(14(17)18)7-10(15)8-16-13/h7-9,11H,2-6H2,1H3,(H,17,18). The van der Waals surface area contributed by atoms with E-state index in [0.29, 0.717) is 10.4 Å². The van der Waals surface area contributed by atoms with Crippen LogP contribution in [0.25, 0.3) is 0 Å². The molecular weight excluding hydrogens is 310 g/mol. The summed E-state index contributed by atoms with van der Waals surface area (Å²) in [5, 5.41) is 9.18. The Morgan fingerprint density at radius 3 is 3.05 bits per heavy atom. The molecule has 19 heavy (non-hydrogen) atoms. The largest absolute Gasteiger partial charge is 0.477 e. The minimum Gasteiger partial charge on any atom is -0.477 e. The number of hydrogen-bond donors (Lipinski definition) is 1. The third kappa shape index (κ3) is 3.69. The number of carboxylic acids is 1. The van der Waals surface area contributed by atoms with E-state index in [1.165, 1.54) is 12.5 Å². The number of pyridine rings is 1. The normalized spacial score (nSPS) is 23.1. The number of rotatable bonds is 4. The number of hydrogen-bond acceptors (Lipinski definition) is 3. The maximum atomic E-state index is 11.2. The predicted octanol–water partition coefficient (Wildman–Crippen LogP) is 3.89. The first kappa shape index (κ1) is 14.3. The average molecular weight is 328 g/mol. The van der Waals surface area contributed by atoms with Gasteiger partial charge in [-0.15, -0.1) is 0 Å². The quantitative estimate of drug-likeness (QED) is 0.911. The van der Waals surface area contributed by atoms with Crippen molar-refractivity contribution >= 4 is 21.9 Å². The minimum atomic E-state index is -1.01. The van der Waals surface area contributed by atoms with Crippen molar-refractivity contribution in [3.63, 3.8) is 0 Å². The van der Waals surface area contributed by atoms with Crippen molar-refractivity contribution in [3.05, 3.63) is 22.3 Å². The molecule has 1 saturated carbocycles. The smallest absolute Gasteiger partial charge is 0.341 e. The van der Waals surface area contributed by atoms with Gasteiger partial charge in [0.15, 0.2) is 0 Å². The van der Waals surface area contributed by atoms with E-state index in [-0.39, 0.29) is 17.5 Å². The molecule has 4 nitrogen and oxygen atoms in total. The van der Waals surface area contributed by atoms with E-state index in [0.717, 1.165) is 25.7 Å². The Morgan fingerprint density at radius 1 is 1.58 bits per heavy atom. The number of ether oxygens (including phenoxy) is 1. The molecule has 0 aliphatic heterocycles. The molecule has 0 bridgehead atoms. The lowest BCUT2D eigenvalue weighted by Crippen LogP contribution is -2.26. The third-order valence-electron chi connectivity index (χ3n) is 3.64. The summed E-state index contributed by atoms with van der Waals surface area (Å²) in [6.45, 7) is 2.19.